The zero-order chi connectivity index (χ0) is 13.0. The second-order valence-corrected chi connectivity index (χ2v) is 5.71. The average Bonchev–Trinajstić information content (AvgIpc) is 2.37. The van der Waals surface area contributed by atoms with Gasteiger partial charge in [-0.2, -0.15) is 0 Å². The first-order valence-corrected chi connectivity index (χ1v) is 7.15. The van der Waals surface area contributed by atoms with Gasteiger partial charge in [0.05, 0.1) is 0 Å². The third-order valence-corrected chi connectivity index (χ3v) is 4.26. The fourth-order valence-corrected chi connectivity index (χ4v) is 3.12. The van der Waals surface area contributed by atoms with E-state index in [1.807, 2.05) is 0 Å². The summed E-state index contributed by atoms with van der Waals surface area (Å²) in [6, 6.07) is 0.493. The molecule has 2 rings (SSSR count). The Balaban J connectivity index is 1.72. The lowest BCUT2D eigenvalue weighted by atomic mass is 9.89. The molecule has 1 heterocycles. The third kappa shape index (κ3) is 3.80. The monoisotopic (exact) mass is 252 g/mol. The SMILES string of the molecule is CC(=O)NCC1CCN(C2CCCC(=O)C2)CC1. The van der Waals surface area contributed by atoms with E-state index in [1.54, 1.807) is 6.92 Å². The molecular weight excluding hydrogens is 228 g/mol. The van der Waals surface area contributed by atoms with E-state index in [1.165, 1.54) is 6.42 Å². The second-order valence-electron chi connectivity index (χ2n) is 5.71. The number of ketones is 1. The molecule has 0 bridgehead atoms. The van der Waals surface area contributed by atoms with Crippen molar-refractivity contribution in [3.8, 4) is 0 Å². The van der Waals surface area contributed by atoms with Crippen molar-refractivity contribution >= 4 is 11.7 Å². The smallest absolute Gasteiger partial charge is 0.216 e. The molecular formula is C14H24N2O2. The van der Waals surface area contributed by atoms with Crippen molar-refractivity contribution in [3.05, 3.63) is 0 Å². The summed E-state index contributed by atoms with van der Waals surface area (Å²) in [5.41, 5.74) is 0. The summed E-state index contributed by atoms with van der Waals surface area (Å²) >= 11 is 0. The van der Waals surface area contributed by atoms with Crippen LogP contribution in [0.3, 0.4) is 0 Å². The Kier molecular flexibility index (Phi) is 4.75. The number of likely N-dealkylation sites (tertiary alicyclic amines) is 1. The van der Waals surface area contributed by atoms with Gasteiger partial charge in [0, 0.05) is 32.4 Å². The van der Waals surface area contributed by atoms with Crippen molar-refractivity contribution in [1.29, 1.82) is 0 Å². The maximum atomic E-state index is 11.5. The Morgan fingerprint density at radius 3 is 2.67 bits per heavy atom. The molecule has 0 spiro atoms. The quantitative estimate of drug-likeness (QED) is 0.825. The minimum Gasteiger partial charge on any atom is -0.356 e. The van der Waals surface area contributed by atoms with Crippen LogP contribution in [0.2, 0.25) is 0 Å². The van der Waals surface area contributed by atoms with Crippen LogP contribution in [0.4, 0.5) is 0 Å². The van der Waals surface area contributed by atoms with Gasteiger partial charge in [0.2, 0.25) is 5.91 Å². The summed E-state index contributed by atoms with van der Waals surface area (Å²) in [4.78, 5) is 24.8. The number of hydrogen-bond donors (Lipinski definition) is 1. The van der Waals surface area contributed by atoms with Crippen molar-refractivity contribution in [1.82, 2.24) is 10.2 Å². The number of nitrogens with one attached hydrogen (secondary N) is 1. The number of hydrogen-bond acceptors (Lipinski definition) is 3. The molecule has 102 valence electrons. The van der Waals surface area contributed by atoms with Crippen LogP contribution < -0.4 is 5.32 Å². The number of carbonyl (C=O) groups excluding carboxylic acids is 2. The van der Waals surface area contributed by atoms with Gasteiger partial charge in [0.15, 0.2) is 0 Å². The fraction of sp³-hybridized carbons (Fsp3) is 0.857. The molecule has 1 amide bonds. The number of Topliss-reactive ketones (excluding diaryl/α,β-unsaturated/α-hetero) is 1. The largest absolute Gasteiger partial charge is 0.356 e. The highest BCUT2D eigenvalue weighted by Gasteiger charge is 2.28. The van der Waals surface area contributed by atoms with Crippen LogP contribution in [0.1, 0.15) is 45.4 Å². The van der Waals surface area contributed by atoms with Crippen molar-refractivity contribution < 1.29 is 9.59 Å². The van der Waals surface area contributed by atoms with Gasteiger partial charge in [0.1, 0.15) is 5.78 Å². The molecule has 1 saturated heterocycles. The Hall–Kier alpha value is -0.900. The second kappa shape index (κ2) is 6.32. The van der Waals surface area contributed by atoms with E-state index in [0.29, 0.717) is 17.7 Å². The van der Waals surface area contributed by atoms with Crippen LogP contribution in [0, 0.1) is 5.92 Å². The fourth-order valence-electron chi connectivity index (χ4n) is 3.12. The molecule has 4 heteroatoms. The Labute approximate surface area is 109 Å². The third-order valence-electron chi connectivity index (χ3n) is 4.26. The highest BCUT2D eigenvalue weighted by Crippen LogP contribution is 2.25. The predicted molar refractivity (Wildman–Crippen MR) is 70.2 cm³/mol. The van der Waals surface area contributed by atoms with Gasteiger partial charge >= 0.3 is 0 Å². The summed E-state index contributed by atoms with van der Waals surface area (Å²) in [5, 5.41) is 2.91. The van der Waals surface area contributed by atoms with E-state index in [9.17, 15) is 9.59 Å². The maximum Gasteiger partial charge on any atom is 0.216 e. The van der Waals surface area contributed by atoms with Gasteiger partial charge in [-0.3, -0.25) is 14.5 Å². The van der Waals surface area contributed by atoms with Crippen LogP contribution in [-0.4, -0.2) is 42.3 Å². The molecule has 0 aromatic rings. The van der Waals surface area contributed by atoms with Crippen molar-refractivity contribution in [2.45, 2.75) is 51.5 Å². The number of carbonyl (C=O) groups is 2. The summed E-state index contributed by atoms with van der Waals surface area (Å²) in [6.07, 6.45) is 6.08. The van der Waals surface area contributed by atoms with Crippen LogP contribution in [0.25, 0.3) is 0 Å². The molecule has 4 nitrogen and oxygen atoms in total. The zero-order valence-corrected chi connectivity index (χ0v) is 11.3. The summed E-state index contributed by atoms with van der Waals surface area (Å²) in [6.45, 7) is 4.56. The lowest BCUT2D eigenvalue weighted by Crippen LogP contribution is -2.45. The van der Waals surface area contributed by atoms with Crippen LogP contribution >= 0.6 is 0 Å². The Morgan fingerprint density at radius 2 is 2.06 bits per heavy atom. The summed E-state index contributed by atoms with van der Waals surface area (Å²) in [7, 11) is 0. The molecule has 2 fully saturated rings. The Bertz CT molecular complexity index is 309. The van der Waals surface area contributed by atoms with Crippen LogP contribution in [0.5, 0.6) is 0 Å². The van der Waals surface area contributed by atoms with Gasteiger partial charge in [0.25, 0.3) is 0 Å². The number of nitrogens with zero attached hydrogens (tertiary/aromatic N) is 1. The van der Waals surface area contributed by atoms with Crippen molar-refractivity contribution in [2.24, 2.45) is 5.92 Å². The highest BCUT2D eigenvalue weighted by molar-refractivity contribution is 5.79. The minimum absolute atomic E-state index is 0.0651. The van der Waals surface area contributed by atoms with Crippen molar-refractivity contribution in [3.63, 3.8) is 0 Å². The summed E-state index contributed by atoms with van der Waals surface area (Å²) < 4.78 is 0. The molecule has 0 aromatic heterocycles. The normalized spacial score (nSPS) is 27.2. The van der Waals surface area contributed by atoms with Gasteiger partial charge in [-0.25, -0.2) is 0 Å². The number of rotatable bonds is 3. The average molecular weight is 252 g/mol. The van der Waals surface area contributed by atoms with Gasteiger partial charge in [-0.1, -0.05) is 0 Å². The molecule has 1 atom stereocenters. The topological polar surface area (TPSA) is 49.4 Å². The molecule has 0 aromatic carbocycles. The van der Waals surface area contributed by atoms with E-state index in [4.69, 9.17) is 0 Å². The maximum absolute atomic E-state index is 11.5. The number of amides is 1. The number of piperidine rings is 1. The molecule has 1 aliphatic carbocycles. The lowest BCUT2D eigenvalue weighted by molar-refractivity contribution is -0.122. The molecule has 18 heavy (non-hydrogen) atoms. The van der Waals surface area contributed by atoms with E-state index in [2.05, 4.69) is 10.2 Å². The van der Waals surface area contributed by atoms with Crippen LogP contribution in [-0.2, 0) is 9.59 Å². The first-order valence-electron chi connectivity index (χ1n) is 7.15. The van der Waals surface area contributed by atoms with E-state index in [0.717, 1.165) is 51.7 Å². The van der Waals surface area contributed by atoms with Gasteiger partial charge in [-0.15, -0.1) is 0 Å². The molecule has 2 aliphatic rings. The van der Waals surface area contributed by atoms with E-state index in [-0.39, 0.29) is 5.91 Å². The lowest BCUT2D eigenvalue weighted by Gasteiger charge is -2.38. The predicted octanol–water partition coefficient (Wildman–Crippen LogP) is 1.35. The zero-order valence-electron chi connectivity index (χ0n) is 11.3. The molecule has 1 N–H and O–H groups in total. The summed E-state index contributed by atoms with van der Waals surface area (Å²) in [5.74, 6) is 1.12. The van der Waals surface area contributed by atoms with E-state index < -0.39 is 0 Å². The Morgan fingerprint density at radius 1 is 1.33 bits per heavy atom. The minimum atomic E-state index is 0.0651. The molecule has 1 saturated carbocycles. The van der Waals surface area contributed by atoms with E-state index >= 15 is 0 Å². The van der Waals surface area contributed by atoms with Gasteiger partial charge in [-0.05, 0) is 44.7 Å². The molecule has 1 aliphatic heterocycles. The first kappa shape index (κ1) is 13.5. The van der Waals surface area contributed by atoms with Crippen molar-refractivity contribution in [2.75, 3.05) is 19.6 Å². The van der Waals surface area contributed by atoms with Crippen LogP contribution in [0.15, 0.2) is 0 Å². The molecule has 1 unspecified atom stereocenters. The first-order chi connectivity index (χ1) is 8.65. The standard InChI is InChI=1S/C14H24N2O2/c1-11(17)15-10-12-5-7-16(8-6-12)13-3-2-4-14(18)9-13/h12-13H,2-10H2,1H3,(H,15,17). The van der Waals surface area contributed by atoms with Gasteiger partial charge < -0.3 is 5.32 Å². The molecule has 0 radical (unpaired) electrons. The highest BCUT2D eigenvalue weighted by atomic mass is 16.1.